The number of nitrogens with zero attached hydrogens (tertiary/aromatic N) is 1. The third-order valence-corrected chi connectivity index (χ3v) is 3.84. The van der Waals surface area contributed by atoms with E-state index in [1.807, 2.05) is 24.4 Å². The van der Waals surface area contributed by atoms with Crippen LogP contribution in [0.25, 0.3) is 0 Å². The zero-order valence-electron chi connectivity index (χ0n) is 11.1. The summed E-state index contributed by atoms with van der Waals surface area (Å²) >= 11 is 3.62. The van der Waals surface area contributed by atoms with E-state index in [0.717, 1.165) is 29.6 Å². The maximum absolute atomic E-state index is 4.48. The normalized spacial score (nSPS) is 12.3. The molecule has 0 spiro atoms. The summed E-state index contributed by atoms with van der Waals surface area (Å²) in [5.74, 6) is 0. The van der Waals surface area contributed by atoms with Crippen LogP contribution in [0.2, 0.25) is 0 Å². The van der Waals surface area contributed by atoms with Crippen molar-refractivity contribution in [2.45, 2.75) is 25.8 Å². The number of nitrogens with one attached hydrogen (secondary N) is 1. The smallest absolute Gasteiger partial charge is 0.0576 e. The molecule has 0 saturated carbocycles. The van der Waals surface area contributed by atoms with Crippen molar-refractivity contribution in [2.24, 2.45) is 0 Å². The molecular weight excluding hydrogens is 300 g/mol. The first kappa shape index (κ1) is 14.2. The maximum atomic E-state index is 4.48. The van der Waals surface area contributed by atoms with Crippen LogP contribution >= 0.6 is 15.9 Å². The van der Waals surface area contributed by atoms with Gasteiger partial charge in [0.25, 0.3) is 0 Å². The average Bonchev–Trinajstić information content (AvgIpc) is 2.46. The van der Waals surface area contributed by atoms with Gasteiger partial charge in [-0.25, -0.2) is 0 Å². The molecule has 19 heavy (non-hydrogen) atoms. The summed E-state index contributed by atoms with van der Waals surface area (Å²) in [5.41, 5.74) is 2.41. The average molecular weight is 319 g/mol. The zero-order chi connectivity index (χ0) is 13.5. The Morgan fingerprint density at radius 3 is 2.63 bits per heavy atom. The van der Waals surface area contributed by atoms with Gasteiger partial charge in [0.2, 0.25) is 0 Å². The number of hydrogen-bond donors (Lipinski definition) is 1. The van der Waals surface area contributed by atoms with Gasteiger partial charge >= 0.3 is 0 Å². The molecule has 0 fully saturated rings. The SMILES string of the molecule is CCCNC(Cc1ccccc1Br)c1ccccn1. The molecule has 3 heteroatoms. The lowest BCUT2D eigenvalue weighted by molar-refractivity contribution is 0.517. The lowest BCUT2D eigenvalue weighted by atomic mass is 10.0. The van der Waals surface area contributed by atoms with Gasteiger partial charge in [-0.3, -0.25) is 4.98 Å². The second-order valence-electron chi connectivity index (χ2n) is 4.56. The first-order valence-electron chi connectivity index (χ1n) is 6.69. The molecule has 1 aromatic heterocycles. The van der Waals surface area contributed by atoms with E-state index < -0.39 is 0 Å². The van der Waals surface area contributed by atoms with Gasteiger partial charge in [-0.15, -0.1) is 0 Å². The van der Waals surface area contributed by atoms with Crippen LogP contribution in [0.5, 0.6) is 0 Å². The van der Waals surface area contributed by atoms with Crippen LogP contribution in [0.4, 0.5) is 0 Å². The topological polar surface area (TPSA) is 24.9 Å². The molecular formula is C16H19BrN2. The molecule has 0 aliphatic heterocycles. The first-order valence-corrected chi connectivity index (χ1v) is 7.48. The molecule has 2 rings (SSSR count). The standard InChI is InChI=1S/C16H19BrN2/c1-2-10-18-16(15-9-5-6-11-19-15)12-13-7-3-4-8-14(13)17/h3-9,11,16,18H,2,10,12H2,1H3. The molecule has 0 bridgehead atoms. The molecule has 1 atom stereocenters. The molecule has 0 aliphatic rings. The Bertz CT molecular complexity index is 499. The summed E-state index contributed by atoms with van der Waals surface area (Å²) in [6.45, 7) is 3.19. The van der Waals surface area contributed by atoms with E-state index in [-0.39, 0.29) is 6.04 Å². The predicted octanol–water partition coefficient (Wildman–Crippen LogP) is 4.13. The number of hydrogen-bond acceptors (Lipinski definition) is 2. The van der Waals surface area contributed by atoms with Crippen LogP contribution in [0.3, 0.4) is 0 Å². The largest absolute Gasteiger partial charge is 0.308 e. The summed E-state index contributed by atoms with van der Waals surface area (Å²) in [6.07, 6.45) is 3.92. The van der Waals surface area contributed by atoms with Gasteiger partial charge in [0.15, 0.2) is 0 Å². The van der Waals surface area contributed by atoms with Gasteiger partial charge in [-0.2, -0.15) is 0 Å². The van der Waals surface area contributed by atoms with Crippen molar-refractivity contribution in [1.29, 1.82) is 0 Å². The third-order valence-electron chi connectivity index (χ3n) is 3.07. The van der Waals surface area contributed by atoms with E-state index in [4.69, 9.17) is 0 Å². The van der Waals surface area contributed by atoms with Crippen LogP contribution in [-0.4, -0.2) is 11.5 Å². The lowest BCUT2D eigenvalue weighted by Crippen LogP contribution is -2.25. The van der Waals surface area contributed by atoms with Crippen LogP contribution in [0.15, 0.2) is 53.1 Å². The predicted molar refractivity (Wildman–Crippen MR) is 83.1 cm³/mol. The minimum Gasteiger partial charge on any atom is -0.308 e. The molecule has 2 aromatic rings. The van der Waals surface area contributed by atoms with E-state index in [2.05, 4.69) is 57.4 Å². The fraction of sp³-hybridized carbons (Fsp3) is 0.312. The highest BCUT2D eigenvalue weighted by molar-refractivity contribution is 9.10. The molecule has 0 radical (unpaired) electrons. The maximum Gasteiger partial charge on any atom is 0.0576 e. The Morgan fingerprint density at radius 1 is 1.16 bits per heavy atom. The van der Waals surface area contributed by atoms with Crippen molar-refractivity contribution >= 4 is 15.9 Å². The molecule has 1 aromatic carbocycles. The van der Waals surface area contributed by atoms with Crippen LogP contribution in [-0.2, 0) is 6.42 Å². The highest BCUT2D eigenvalue weighted by Gasteiger charge is 2.13. The van der Waals surface area contributed by atoms with Crippen molar-refractivity contribution in [3.63, 3.8) is 0 Å². The minimum absolute atomic E-state index is 0.264. The quantitative estimate of drug-likeness (QED) is 0.866. The summed E-state index contributed by atoms with van der Waals surface area (Å²) < 4.78 is 1.16. The Kier molecular flexibility index (Phi) is 5.55. The zero-order valence-corrected chi connectivity index (χ0v) is 12.7. The number of rotatable bonds is 6. The fourth-order valence-corrected chi connectivity index (χ4v) is 2.51. The summed E-state index contributed by atoms with van der Waals surface area (Å²) in [7, 11) is 0. The van der Waals surface area contributed by atoms with E-state index in [9.17, 15) is 0 Å². The molecule has 0 amide bonds. The van der Waals surface area contributed by atoms with Gasteiger partial charge in [-0.05, 0) is 43.1 Å². The number of aromatic nitrogens is 1. The second kappa shape index (κ2) is 7.41. The van der Waals surface area contributed by atoms with Crippen LogP contribution in [0, 0.1) is 0 Å². The van der Waals surface area contributed by atoms with Gasteiger partial charge in [-0.1, -0.05) is 47.1 Å². The monoisotopic (exact) mass is 318 g/mol. The fourth-order valence-electron chi connectivity index (χ4n) is 2.07. The number of pyridine rings is 1. The lowest BCUT2D eigenvalue weighted by Gasteiger charge is -2.18. The molecule has 0 aliphatic carbocycles. The van der Waals surface area contributed by atoms with Crippen LogP contribution in [0.1, 0.15) is 30.6 Å². The number of benzene rings is 1. The highest BCUT2D eigenvalue weighted by atomic mass is 79.9. The van der Waals surface area contributed by atoms with Crippen molar-refractivity contribution in [3.05, 3.63) is 64.4 Å². The summed E-state index contributed by atoms with van der Waals surface area (Å²) in [5, 5.41) is 3.58. The van der Waals surface area contributed by atoms with Gasteiger partial charge in [0, 0.05) is 10.7 Å². The molecule has 1 heterocycles. The van der Waals surface area contributed by atoms with Crippen LogP contribution < -0.4 is 5.32 Å². The van der Waals surface area contributed by atoms with E-state index >= 15 is 0 Å². The van der Waals surface area contributed by atoms with Crippen molar-refractivity contribution in [2.75, 3.05) is 6.54 Å². The Balaban J connectivity index is 2.17. The molecule has 1 unspecified atom stereocenters. The highest BCUT2D eigenvalue weighted by Crippen LogP contribution is 2.22. The van der Waals surface area contributed by atoms with Gasteiger partial charge in [0.1, 0.15) is 0 Å². The number of halogens is 1. The second-order valence-corrected chi connectivity index (χ2v) is 5.41. The van der Waals surface area contributed by atoms with Gasteiger partial charge < -0.3 is 5.32 Å². The first-order chi connectivity index (χ1) is 9.31. The third kappa shape index (κ3) is 4.15. The summed E-state index contributed by atoms with van der Waals surface area (Å²) in [4.78, 5) is 4.48. The van der Waals surface area contributed by atoms with Crippen molar-refractivity contribution in [3.8, 4) is 0 Å². The minimum atomic E-state index is 0.264. The summed E-state index contributed by atoms with van der Waals surface area (Å²) in [6, 6.07) is 14.7. The van der Waals surface area contributed by atoms with Gasteiger partial charge in [0.05, 0.1) is 11.7 Å². The molecule has 2 nitrogen and oxygen atoms in total. The molecule has 0 saturated heterocycles. The van der Waals surface area contributed by atoms with Crippen molar-refractivity contribution < 1.29 is 0 Å². The van der Waals surface area contributed by atoms with E-state index in [1.54, 1.807) is 0 Å². The molecule has 100 valence electrons. The molecule has 1 N–H and O–H groups in total. The Morgan fingerprint density at radius 2 is 1.95 bits per heavy atom. The Hall–Kier alpha value is -1.19. The van der Waals surface area contributed by atoms with E-state index in [1.165, 1.54) is 5.56 Å². The Labute approximate surface area is 123 Å². The van der Waals surface area contributed by atoms with Crippen molar-refractivity contribution in [1.82, 2.24) is 10.3 Å². The van der Waals surface area contributed by atoms with E-state index in [0.29, 0.717) is 0 Å².